The summed E-state index contributed by atoms with van der Waals surface area (Å²) in [6.07, 6.45) is 2.80. The molecule has 0 rings (SSSR count). The number of aliphatic hydroxyl groups is 1. The van der Waals surface area contributed by atoms with Crippen LogP contribution >= 0.6 is 0 Å². The van der Waals surface area contributed by atoms with Crippen LogP contribution in [0.4, 0.5) is 0 Å². The Morgan fingerprint density at radius 1 is 1.18 bits per heavy atom. The summed E-state index contributed by atoms with van der Waals surface area (Å²) < 4.78 is 0. The normalized spacial score (nSPS) is 12.0. The second-order valence-electron chi connectivity index (χ2n) is 3.11. The van der Waals surface area contributed by atoms with Crippen LogP contribution in [0.15, 0.2) is 0 Å². The van der Waals surface area contributed by atoms with Gasteiger partial charge in [0.05, 0.1) is 5.60 Å². The molecular formula is C9H21NO. The third kappa shape index (κ3) is 4.38. The van der Waals surface area contributed by atoms with Gasteiger partial charge in [0.25, 0.3) is 0 Å². The standard InChI is InChI=1S/C9H21NO/c1-4-7-10-8-9(11,5-2)6-3/h10-11H,4-8H2,1-3H3. The molecule has 0 aromatic heterocycles. The smallest absolute Gasteiger partial charge is 0.0766 e. The van der Waals surface area contributed by atoms with Gasteiger partial charge in [-0.1, -0.05) is 20.8 Å². The highest BCUT2D eigenvalue weighted by Crippen LogP contribution is 2.12. The molecule has 2 nitrogen and oxygen atoms in total. The molecule has 0 radical (unpaired) electrons. The third-order valence-electron chi connectivity index (χ3n) is 2.20. The Morgan fingerprint density at radius 2 is 1.73 bits per heavy atom. The maximum atomic E-state index is 9.79. The first-order chi connectivity index (χ1) is 5.18. The molecular weight excluding hydrogens is 138 g/mol. The van der Waals surface area contributed by atoms with Crippen LogP contribution in [0.2, 0.25) is 0 Å². The van der Waals surface area contributed by atoms with Crippen molar-refractivity contribution in [2.24, 2.45) is 0 Å². The summed E-state index contributed by atoms with van der Waals surface area (Å²) in [4.78, 5) is 0. The van der Waals surface area contributed by atoms with Gasteiger partial charge < -0.3 is 10.4 Å². The van der Waals surface area contributed by atoms with Gasteiger partial charge in [0.2, 0.25) is 0 Å². The van der Waals surface area contributed by atoms with E-state index in [1.165, 1.54) is 0 Å². The zero-order chi connectivity index (χ0) is 8.74. The molecule has 0 amide bonds. The van der Waals surface area contributed by atoms with Crippen molar-refractivity contribution in [1.29, 1.82) is 0 Å². The summed E-state index contributed by atoms with van der Waals surface area (Å²) in [6.45, 7) is 7.91. The van der Waals surface area contributed by atoms with E-state index in [2.05, 4.69) is 12.2 Å². The summed E-state index contributed by atoms with van der Waals surface area (Å²) in [5.74, 6) is 0. The topological polar surface area (TPSA) is 32.3 Å². The van der Waals surface area contributed by atoms with E-state index >= 15 is 0 Å². The van der Waals surface area contributed by atoms with E-state index in [-0.39, 0.29) is 0 Å². The number of rotatable bonds is 6. The molecule has 11 heavy (non-hydrogen) atoms. The van der Waals surface area contributed by atoms with Crippen molar-refractivity contribution >= 4 is 0 Å². The van der Waals surface area contributed by atoms with Gasteiger partial charge in [0.15, 0.2) is 0 Å². The van der Waals surface area contributed by atoms with Crippen molar-refractivity contribution in [2.45, 2.75) is 45.6 Å². The largest absolute Gasteiger partial charge is 0.389 e. The molecule has 0 fully saturated rings. The molecule has 0 saturated carbocycles. The summed E-state index contributed by atoms with van der Waals surface area (Å²) >= 11 is 0. The Hall–Kier alpha value is -0.0800. The molecule has 0 unspecified atom stereocenters. The lowest BCUT2D eigenvalue weighted by Crippen LogP contribution is -2.39. The molecule has 0 aliphatic heterocycles. The minimum Gasteiger partial charge on any atom is -0.389 e. The molecule has 0 aromatic rings. The molecule has 0 saturated heterocycles. The zero-order valence-corrected chi connectivity index (χ0v) is 7.98. The molecule has 68 valence electrons. The highest BCUT2D eigenvalue weighted by molar-refractivity contribution is 4.77. The quantitative estimate of drug-likeness (QED) is 0.576. The van der Waals surface area contributed by atoms with E-state index < -0.39 is 5.60 Å². The average molecular weight is 159 g/mol. The van der Waals surface area contributed by atoms with E-state index in [1.807, 2.05) is 13.8 Å². The van der Waals surface area contributed by atoms with Gasteiger partial charge >= 0.3 is 0 Å². The minimum absolute atomic E-state index is 0.477. The maximum absolute atomic E-state index is 9.79. The van der Waals surface area contributed by atoms with Crippen LogP contribution in [0, 0.1) is 0 Å². The second kappa shape index (κ2) is 5.56. The Kier molecular flexibility index (Phi) is 5.51. The van der Waals surface area contributed by atoms with Crippen LogP contribution in [0.1, 0.15) is 40.0 Å². The lowest BCUT2D eigenvalue weighted by atomic mass is 9.98. The summed E-state index contributed by atoms with van der Waals surface area (Å²) in [7, 11) is 0. The highest BCUT2D eigenvalue weighted by atomic mass is 16.3. The molecule has 0 aliphatic rings. The molecule has 0 heterocycles. The highest BCUT2D eigenvalue weighted by Gasteiger charge is 2.20. The fraction of sp³-hybridized carbons (Fsp3) is 1.00. The first-order valence-electron chi connectivity index (χ1n) is 4.61. The fourth-order valence-corrected chi connectivity index (χ4v) is 0.998. The maximum Gasteiger partial charge on any atom is 0.0766 e. The van der Waals surface area contributed by atoms with Crippen LogP contribution in [0.25, 0.3) is 0 Å². The monoisotopic (exact) mass is 159 g/mol. The molecule has 0 aliphatic carbocycles. The predicted molar refractivity (Wildman–Crippen MR) is 48.7 cm³/mol. The van der Waals surface area contributed by atoms with Crippen LogP contribution in [0.3, 0.4) is 0 Å². The van der Waals surface area contributed by atoms with Gasteiger partial charge in [-0.3, -0.25) is 0 Å². The van der Waals surface area contributed by atoms with Crippen molar-refractivity contribution in [3.63, 3.8) is 0 Å². The van der Waals surface area contributed by atoms with Crippen molar-refractivity contribution in [2.75, 3.05) is 13.1 Å². The van der Waals surface area contributed by atoms with E-state index in [0.29, 0.717) is 0 Å². The number of hydrogen-bond donors (Lipinski definition) is 2. The Labute approximate surface area is 70.0 Å². The molecule has 0 spiro atoms. The molecule has 0 atom stereocenters. The predicted octanol–water partition coefficient (Wildman–Crippen LogP) is 1.54. The van der Waals surface area contributed by atoms with Gasteiger partial charge in [-0.2, -0.15) is 0 Å². The van der Waals surface area contributed by atoms with Gasteiger partial charge in [0, 0.05) is 6.54 Å². The van der Waals surface area contributed by atoms with Crippen molar-refractivity contribution < 1.29 is 5.11 Å². The summed E-state index contributed by atoms with van der Waals surface area (Å²) in [5, 5.41) is 13.0. The van der Waals surface area contributed by atoms with Crippen LogP contribution in [-0.2, 0) is 0 Å². The van der Waals surface area contributed by atoms with Gasteiger partial charge in [-0.05, 0) is 25.8 Å². The van der Waals surface area contributed by atoms with E-state index in [9.17, 15) is 5.11 Å². The minimum atomic E-state index is -0.477. The lowest BCUT2D eigenvalue weighted by Gasteiger charge is -2.25. The summed E-state index contributed by atoms with van der Waals surface area (Å²) in [5.41, 5.74) is -0.477. The Morgan fingerprint density at radius 3 is 2.09 bits per heavy atom. The second-order valence-corrected chi connectivity index (χ2v) is 3.11. The van der Waals surface area contributed by atoms with Crippen LogP contribution in [-0.4, -0.2) is 23.8 Å². The molecule has 2 heteroatoms. The first-order valence-corrected chi connectivity index (χ1v) is 4.61. The lowest BCUT2D eigenvalue weighted by molar-refractivity contribution is 0.0328. The third-order valence-corrected chi connectivity index (χ3v) is 2.20. The van der Waals surface area contributed by atoms with Crippen molar-refractivity contribution in [1.82, 2.24) is 5.32 Å². The van der Waals surface area contributed by atoms with Crippen LogP contribution in [0.5, 0.6) is 0 Å². The Bertz CT molecular complexity index is 89.6. The average Bonchev–Trinajstić information content (AvgIpc) is 2.05. The van der Waals surface area contributed by atoms with E-state index in [0.717, 1.165) is 32.4 Å². The van der Waals surface area contributed by atoms with Crippen molar-refractivity contribution in [3.8, 4) is 0 Å². The van der Waals surface area contributed by atoms with E-state index in [1.54, 1.807) is 0 Å². The molecule has 2 N–H and O–H groups in total. The van der Waals surface area contributed by atoms with Crippen molar-refractivity contribution in [3.05, 3.63) is 0 Å². The van der Waals surface area contributed by atoms with E-state index in [4.69, 9.17) is 0 Å². The van der Waals surface area contributed by atoms with Gasteiger partial charge in [0.1, 0.15) is 0 Å². The Balaban J connectivity index is 3.51. The first kappa shape index (κ1) is 10.9. The molecule has 0 bridgehead atoms. The molecule has 0 aromatic carbocycles. The fourth-order valence-electron chi connectivity index (χ4n) is 0.998. The zero-order valence-electron chi connectivity index (χ0n) is 7.98. The number of nitrogens with one attached hydrogen (secondary N) is 1. The summed E-state index contributed by atoms with van der Waals surface area (Å²) in [6, 6.07) is 0. The SMILES string of the molecule is CCCNCC(O)(CC)CC. The van der Waals surface area contributed by atoms with Crippen LogP contribution < -0.4 is 5.32 Å². The van der Waals surface area contributed by atoms with Gasteiger partial charge in [-0.15, -0.1) is 0 Å². The number of hydrogen-bond acceptors (Lipinski definition) is 2. The van der Waals surface area contributed by atoms with Gasteiger partial charge in [-0.25, -0.2) is 0 Å².